The van der Waals surface area contributed by atoms with Gasteiger partial charge in [-0.2, -0.15) is 0 Å². The number of aromatic nitrogens is 2. The molecule has 8 heteroatoms. The molecular weight excluding hydrogens is 468 g/mol. The van der Waals surface area contributed by atoms with Crippen LogP contribution in [0.4, 0.5) is 0 Å². The van der Waals surface area contributed by atoms with E-state index in [9.17, 15) is 4.79 Å². The zero-order valence-corrected chi connectivity index (χ0v) is 19.7. The average molecular weight is 493 g/mol. The number of ether oxygens (including phenoxy) is 3. The van der Waals surface area contributed by atoms with Crippen molar-refractivity contribution in [2.45, 2.75) is 30.8 Å². The Kier molecular flexibility index (Phi) is 8.18. The fraction of sp³-hybridized carbons (Fsp3) is 0.364. The number of hydrogen-bond acceptors (Lipinski definition) is 6. The molecule has 1 aromatic heterocycles. The van der Waals surface area contributed by atoms with Gasteiger partial charge in [0, 0.05) is 30.0 Å². The highest BCUT2D eigenvalue weighted by Gasteiger charge is 2.14. The number of nitrogens with zero attached hydrogens (tertiary/aromatic N) is 2. The third kappa shape index (κ3) is 5.17. The van der Waals surface area contributed by atoms with Gasteiger partial charge in [-0.25, -0.2) is 4.98 Å². The number of rotatable bonds is 10. The molecule has 30 heavy (non-hydrogen) atoms. The molecule has 3 rings (SSSR count). The second-order valence-electron chi connectivity index (χ2n) is 6.51. The van der Waals surface area contributed by atoms with Crippen molar-refractivity contribution in [1.29, 1.82) is 0 Å². The van der Waals surface area contributed by atoms with Crippen molar-refractivity contribution < 1.29 is 14.2 Å². The normalized spacial score (nSPS) is 11.1. The van der Waals surface area contributed by atoms with Crippen LogP contribution in [0.15, 0.2) is 50.8 Å². The lowest BCUT2D eigenvalue weighted by atomic mass is 10.2. The second kappa shape index (κ2) is 10.8. The average Bonchev–Trinajstić information content (AvgIpc) is 2.77. The number of fused-ring (bicyclic) bond motifs is 1. The Morgan fingerprint density at radius 3 is 2.60 bits per heavy atom. The maximum atomic E-state index is 13.1. The maximum Gasteiger partial charge on any atom is 0.262 e. The van der Waals surface area contributed by atoms with Crippen molar-refractivity contribution in [2.24, 2.45) is 0 Å². The lowest BCUT2D eigenvalue weighted by molar-refractivity contribution is 0.140. The van der Waals surface area contributed by atoms with E-state index in [1.165, 1.54) is 11.8 Å². The molecule has 0 fully saturated rings. The van der Waals surface area contributed by atoms with Crippen molar-refractivity contribution in [1.82, 2.24) is 9.55 Å². The zero-order chi connectivity index (χ0) is 21.5. The van der Waals surface area contributed by atoms with Crippen molar-refractivity contribution in [3.63, 3.8) is 0 Å². The molecule has 0 saturated carbocycles. The largest absolute Gasteiger partial charge is 0.493 e. The van der Waals surface area contributed by atoms with Crippen LogP contribution in [0.1, 0.15) is 18.9 Å². The van der Waals surface area contributed by atoms with E-state index in [1.54, 1.807) is 18.8 Å². The number of methoxy groups -OCH3 is 2. The molecule has 0 amide bonds. The third-order valence-corrected chi connectivity index (χ3v) is 6.37. The van der Waals surface area contributed by atoms with E-state index in [0.29, 0.717) is 53.1 Å². The summed E-state index contributed by atoms with van der Waals surface area (Å²) in [7, 11) is 3.22. The molecule has 0 radical (unpaired) electrons. The standard InChI is InChI=1S/C22H25BrN2O4S/c1-4-29-11-7-10-25-21(26)16-8-5-6-9-18(16)24-22(25)30-14-15-12-19(27-2)20(28-3)13-17(15)23/h5-6,8-9,12-13H,4,7,10-11,14H2,1-3H3. The molecule has 0 unspecified atom stereocenters. The lowest BCUT2D eigenvalue weighted by Crippen LogP contribution is -2.24. The molecule has 3 aromatic rings. The molecule has 0 saturated heterocycles. The molecule has 0 bridgehead atoms. The van der Waals surface area contributed by atoms with Crippen LogP contribution in [0.2, 0.25) is 0 Å². The summed E-state index contributed by atoms with van der Waals surface area (Å²) in [5, 5.41) is 1.32. The third-order valence-electron chi connectivity index (χ3n) is 4.61. The quantitative estimate of drug-likeness (QED) is 0.228. The minimum Gasteiger partial charge on any atom is -0.493 e. The van der Waals surface area contributed by atoms with E-state index in [1.807, 2.05) is 43.3 Å². The second-order valence-corrected chi connectivity index (χ2v) is 8.30. The molecule has 160 valence electrons. The summed E-state index contributed by atoms with van der Waals surface area (Å²) < 4.78 is 18.9. The summed E-state index contributed by atoms with van der Waals surface area (Å²) in [4.78, 5) is 17.9. The van der Waals surface area contributed by atoms with Crippen molar-refractivity contribution in [3.05, 3.63) is 56.8 Å². The van der Waals surface area contributed by atoms with E-state index in [-0.39, 0.29) is 5.56 Å². The van der Waals surface area contributed by atoms with Gasteiger partial charge in [-0.15, -0.1) is 0 Å². The van der Waals surface area contributed by atoms with E-state index >= 15 is 0 Å². The Hall–Kier alpha value is -2.03. The molecule has 0 aliphatic heterocycles. The van der Waals surface area contributed by atoms with Crippen LogP contribution in [0, 0.1) is 0 Å². The van der Waals surface area contributed by atoms with Crippen LogP contribution < -0.4 is 15.0 Å². The van der Waals surface area contributed by atoms with Gasteiger partial charge >= 0.3 is 0 Å². The van der Waals surface area contributed by atoms with Gasteiger partial charge in [0.1, 0.15) is 0 Å². The van der Waals surface area contributed by atoms with Gasteiger partial charge in [0.2, 0.25) is 0 Å². The Labute approximate surface area is 188 Å². The first kappa shape index (κ1) is 22.7. The molecule has 0 aliphatic rings. The van der Waals surface area contributed by atoms with Gasteiger partial charge in [0.25, 0.3) is 5.56 Å². The minimum absolute atomic E-state index is 0.0222. The molecule has 0 aliphatic carbocycles. The van der Waals surface area contributed by atoms with E-state index in [0.717, 1.165) is 16.5 Å². The van der Waals surface area contributed by atoms with Crippen LogP contribution in [0.25, 0.3) is 10.9 Å². The van der Waals surface area contributed by atoms with Crippen LogP contribution in [-0.2, 0) is 17.0 Å². The first-order valence-corrected chi connectivity index (χ1v) is 11.5. The number of para-hydroxylation sites is 1. The minimum atomic E-state index is -0.0222. The van der Waals surface area contributed by atoms with Gasteiger partial charge in [0.05, 0.1) is 25.1 Å². The van der Waals surface area contributed by atoms with Crippen LogP contribution in [0.3, 0.4) is 0 Å². The van der Waals surface area contributed by atoms with Crippen LogP contribution in [0.5, 0.6) is 11.5 Å². The van der Waals surface area contributed by atoms with E-state index < -0.39 is 0 Å². The van der Waals surface area contributed by atoms with Gasteiger partial charge in [-0.1, -0.05) is 39.8 Å². The summed E-state index contributed by atoms with van der Waals surface area (Å²) in [6, 6.07) is 11.3. The maximum absolute atomic E-state index is 13.1. The van der Waals surface area contributed by atoms with Crippen molar-refractivity contribution >= 4 is 38.6 Å². The van der Waals surface area contributed by atoms with Gasteiger partial charge < -0.3 is 14.2 Å². The Morgan fingerprint density at radius 1 is 1.13 bits per heavy atom. The molecule has 2 aromatic carbocycles. The smallest absolute Gasteiger partial charge is 0.262 e. The Balaban J connectivity index is 1.92. The SMILES string of the molecule is CCOCCCn1c(SCc2cc(OC)c(OC)cc2Br)nc2ccccc2c1=O. The fourth-order valence-corrected chi connectivity index (χ4v) is 4.74. The van der Waals surface area contributed by atoms with Crippen molar-refractivity contribution in [2.75, 3.05) is 27.4 Å². The predicted molar refractivity (Wildman–Crippen MR) is 124 cm³/mol. The van der Waals surface area contributed by atoms with E-state index in [4.69, 9.17) is 19.2 Å². The highest BCUT2D eigenvalue weighted by atomic mass is 79.9. The summed E-state index contributed by atoms with van der Waals surface area (Å²) in [5.41, 5.74) is 1.71. The van der Waals surface area contributed by atoms with Gasteiger partial charge in [0.15, 0.2) is 16.7 Å². The first-order valence-electron chi connectivity index (χ1n) is 9.69. The van der Waals surface area contributed by atoms with Crippen LogP contribution in [-0.4, -0.2) is 37.0 Å². The molecule has 0 atom stereocenters. The van der Waals surface area contributed by atoms with Gasteiger partial charge in [-0.05, 0) is 43.2 Å². The van der Waals surface area contributed by atoms with Gasteiger partial charge in [-0.3, -0.25) is 9.36 Å². The molecule has 6 nitrogen and oxygen atoms in total. The van der Waals surface area contributed by atoms with Crippen molar-refractivity contribution in [3.8, 4) is 11.5 Å². The molecule has 1 heterocycles. The summed E-state index contributed by atoms with van der Waals surface area (Å²) in [6.45, 7) is 3.80. The predicted octanol–water partition coefficient (Wildman–Crippen LogP) is 4.90. The summed E-state index contributed by atoms with van der Waals surface area (Å²) in [6.07, 6.45) is 0.751. The first-order chi connectivity index (χ1) is 14.6. The van der Waals surface area contributed by atoms with E-state index in [2.05, 4.69) is 15.9 Å². The lowest BCUT2D eigenvalue weighted by Gasteiger charge is -2.15. The monoisotopic (exact) mass is 492 g/mol. The molecule has 0 N–H and O–H groups in total. The number of hydrogen-bond donors (Lipinski definition) is 0. The number of benzene rings is 2. The Bertz CT molecular complexity index is 1070. The van der Waals surface area contributed by atoms with Crippen LogP contribution >= 0.6 is 27.7 Å². The summed E-state index contributed by atoms with van der Waals surface area (Å²) >= 11 is 5.13. The topological polar surface area (TPSA) is 62.6 Å². The summed E-state index contributed by atoms with van der Waals surface area (Å²) in [5.74, 6) is 1.95. The number of thioether (sulfide) groups is 1. The zero-order valence-electron chi connectivity index (χ0n) is 17.3. The highest BCUT2D eigenvalue weighted by Crippen LogP contribution is 2.36. The number of halogens is 1. The fourth-order valence-electron chi connectivity index (χ4n) is 3.07. The highest BCUT2D eigenvalue weighted by molar-refractivity contribution is 9.10. The molecular formula is C22H25BrN2O4S. The molecule has 0 spiro atoms. The Morgan fingerprint density at radius 2 is 1.87 bits per heavy atom.